The van der Waals surface area contributed by atoms with E-state index in [0.29, 0.717) is 67.7 Å². The summed E-state index contributed by atoms with van der Waals surface area (Å²) in [5, 5.41) is 21.2. The third kappa shape index (κ3) is 17.8. The van der Waals surface area contributed by atoms with E-state index in [1.165, 1.54) is 30.7 Å². The molecule has 4 aliphatic rings. The number of terminal acetylenes is 1. The molecule has 4 saturated heterocycles. The number of hydrogen-bond acceptors (Lipinski definition) is 13. The van der Waals surface area contributed by atoms with Crippen LogP contribution in [0.2, 0.25) is 0 Å². The van der Waals surface area contributed by atoms with Crippen molar-refractivity contribution >= 4 is 57.5 Å². The van der Waals surface area contributed by atoms with Crippen LogP contribution >= 0.6 is 0 Å². The molecule has 4 aliphatic heterocycles. The van der Waals surface area contributed by atoms with Gasteiger partial charge in [-0.05, 0) is 125 Å². The van der Waals surface area contributed by atoms with Crippen LogP contribution in [-0.4, -0.2) is 149 Å². The molecule has 5 aromatic rings. The number of halogens is 2. The minimum Gasteiger partial charge on any atom is -0.508 e. The Morgan fingerprint density at radius 3 is 2.21 bits per heavy atom. The summed E-state index contributed by atoms with van der Waals surface area (Å²) >= 11 is 0. The lowest BCUT2D eigenvalue weighted by Gasteiger charge is -2.35. The predicted octanol–water partition coefficient (Wildman–Crippen LogP) is 11.2. The fourth-order valence-corrected chi connectivity index (χ4v) is 11.9. The maximum absolute atomic E-state index is 16.9. The fourth-order valence-electron chi connectivity index (χ4n) is 11.9. The van der Waals surface area contributed by atoms with E-state index in [-0.39, 0.29) is 62.8 Å². The van der Waals surface area contributed by atoms with Crippen molar-refractivity contribution in [3.63, 3.8) is 0 Å². The summed E-state index contributed by atoms with van der Waals surface area (Å²) in [5.41, 5.74) is 4.14. The van der Waals surface area contributed by atoms with Gasteiger partial charge in [-0.15, -0.1) is 6.42 Å². The number of allylic oxidation sites excluding steroid dienone is 2. The number of phenols is 1. The van der Waals surface area contributed by atoms with Crippen LogP contribution in [0.25, 0.3) is 38.5 Å². The summed E-state index contributed by atoms with van der Waals surface area (Å²) in [4.78, 5) is 63.7. The Morgan fingerprint density at radius 1 is 0.919 bits per heavy atom. The summed E-state index contributed by atoms with van der Waals surface area (Å²) in [6.07, 6.45) is 21.6. The monoisotopic (exact) mass is 1180 g/mol. The molecule has 2 aromatic heterocycles. The molecule has 0 radical (unpaired) electrons. The van der Waals surface area contributed by atoms with E-state index in [2.05, 4.69) is 79.2 Å². The first-order chi connectivity index (χ1) is 41.4. The van der Waals surface area contributed by atoms with Crippen molar-refractivity contribution in [1.82, 2.24) is 45.6 Å². The summed E-state index contributed by atoms with van der Waals surface area (Å²) in [6.45, 7) is 27.4. The van der Waals surface area contributed by atoms with Crippen molar-refractivity contribution in [2.24, 2.45) is 10.4 Å². The number of rotatable bonds is 22. The van der Waals surface area contributed by atoms with Gasteiger partial charge < -0.3 is 45.4 Å². The van der Waals surface area contributed by atoms with Crippen LogP contribution in [0.3, 0.4) is 0 Å². The maximum atomic E-state index is 16.9. The first-order valence-electron chi connectivity index (χ1n) is 31.3. The van der Waals surface area contributed by atoms with Gasteiger partial charge in [-0.2, -0.15) is 9.97 Å². The number of nitrogens with zero attached hydrogens (tertiary/aromatic N) is 8. The zero-order valence-corrected chi connectivity index (χ0v) is 52.4. The highest BCUT2D eigenvalue weighted by molar-refractivity contribution is 6.03. The van der Waals surface area contributed by atoms with Gasteiger partial charge in [-0.1, -0.05) is 96.6 Å². The summed E-state index contributed by atoms with van der Waals surface area (Å²) in [5.74, 6) is 1.49. The van der Waals surface area contributed by atoms with Crippen molar-refractivity contribution in [2.45, 2.75) is 170 Å². The lowest BCUT2D eigenvalue weighted by atomic mass is 9.85. The lowest BCUT2D eigenvalue weighted by Crippen LogP contribution is -2.55. The molecular formula is C68H93F2N11O5. The molecule has 4 N–H and O–H groups in total. The van der Waals surface area contributed by atoms with Gasteiger partial charge in [0.15, 0.2) is 5.82 Å². The molecule has 3 unspecified atom stereocenters. The molecule has 0 aliphatic carbocycles. The molecule has 6 heterocycles. The van der Waals surface area contributed by atoms with E-state index < -0.39 is 17.7 Å². The van der Waals surface area contributed by atoms with E-state index in [1.807, 2.05) is 63.8 Å². The number of phenolic OH excluding ortho intramolecular Hbond substituents is 1. The van der Waals surface area contributed by atoms with E-state index in [0.717, 1.165) is 132 Å². The quantitative estimate of drug-likeness (QED) is 0.0223. The summed E-state index contributed by atoms with van der Waals surface area (Å²) in [7, 11) is 0. The number of ether oxygens (including phenoxy) is 1. The number of benzene rings is 3. The second kappa shape index (κ2) is 32.1. The SMILES string of the molecule is C#Cc1c(F)ccc2cc(O)cc(-c3ncc4c(N5CC6CCC(C5)N6)nc(OCCCN5CCN(CCCCCCCC(=O)N[C@H](C(=O)N6CCCC6C)C(C)(C)C)CC5)nc4c3F)c12.CC=N/C(C)=C(\C)c1ccc(CNC=O)cc1.CCC. The lowest BCUT2D eigenvalue weighted by molar-refractivity contribution is -0.140. The number of nitrogens with one attached hydrogen (secondary N) is 3. The van der Waals surface area contributed by atoms with Crippen LogP contribution in [0.5, 0.6) is 11.8 Å². The van der Waals surface area contributed by atoms with Gasteiger partial charge in [-0.3, -0.25) is 24.4 Å². The minimum absolute atomic E-state index is 0.0307. The minimum atomic E-state index is -0.733. The zero-order valence-electron chi connectivity index (χ0n) is 52.4. The molecule has 0 saturated carbocycles. The number of fused-ring (bicyclic) bond motifs is 4. The van der Waals surface area contributed by atoms with Crippen molar-refractivity contribution in [3.05, 3.63) is 88.7 Å². The van der Waals surface area contributed by atoms with Crippen molar-refractivity contribution in [1.29, 1.82) is 0 Å². The number of carbonyl (C=O) groups excluding carboxylic acids is 3. The van der Waals surface area contributed by atoms with Gasteiger partial charge in [0.25, 0.3) is 0 Å². The highest BCUT2D eigenvalue weighted by Gasteiger charge is 2.39. The average Bonchev–Trinajstić information content (AvgIpc) is 0.931. The standard InChI is InChI=1S/C51H67F2N9O4.C14H18N2O.C3H8/c1-6-38-41(52)19-16-34-28-37(63)29-39(43(34)38)45-44(53)46-40(30-54-45)48(61-31-35-17-18-36(32-61)55-35)58-50(57-46)66-27-13-21-60-25-23-59(24-26-60)20-11-9-7-8-10-15-42(64)56-47(51(3,4)5)49(65)62-22-12-14-33(62)2;1-4-16-12(3)11(2)14-7-5-13(6-8-14)9-15-10-17;1-3-2/h1,16,19,28-30,33,35-36,47,55,63H,7-15,17-18,20-27,31-32H2,2-5H3,(H,56,64);4-8,10H,9H2,1-3H3,(H,15,17);3H2,1-2H3/b;12-11+,16-4?;/t33?,35?,36?,47-;;/m1../s1. The second-order valence-corrected chi connectivity index (χ2v) is 24.5. The molecule has 0 spiro atoms. The van der Waals surface area contributed by atoms with Gasteiger partial charge in [0, 0.05) is 113 Å². The molecule has 86 heavy (non-hydrogen) atoms. The van der Waals surface area contributed by atoms with Crippen molar-refractivity contribution in [2.75, 3.05) is 70.4 Å². The number of unbranched alkanes of at least 4 members (excludes halogenated alkanes) is 4. The Labute approximate surface area is 509 Å². The number of likely N-dealkylation sites (tertiary alicyclic amines) is 1. The van der Waals surface area contributed by atoms with Crippen LogP contribution in [0.1, 0.15) is 156 Å². The molecular weight excluding hydrogens is 1090 g/mol. The fraction of sp³-hybridized carbons (Fsp3) is 0.544. The average molecular weight is 1180 g/mol. The molecule has 9 rings (SSSR count). The number of carbonyl (C=O) groups is 3. The molecule has 16 nitrogen and oxygen atoms in total. The number of aromatic nitrogens is 3. The van der Waals surface area contributed by atoms with Crippen LogP contribution in [0.15, 0.2) is 65.4 Å². The summed E-state index contributed by atoms with van der Waals surface area (Å²) in [6, 6.07) is 14.1. The molecule has 18 heteroatoms. The molecule has 3 aromatic carbocycles. The van der Waals surface area contributed by atoms with Gasteiger partial charge in [0.05, 0.1) is 17.6 Å². The largest absolute Gasteiger partial charge is 0.508 e. The number of aromatic hydroxyl groups is 1. The number of hydrogen-bond donors (Lipinski definition) is 4. The Morgan fingerprint density at radius 2 is 1.58 bits per heavy atom. The van der Waals surface area contributed by atoms with E-state index in [1.54, 1.807) is 12.4 Å². The van der Waals surface area contributed by atoms with Gasteiger partial charge in [0.1, 0.15) is 34.6 Å². The Kier molecular flexibility index (Phi) is 24.8. The number of anilines is 1. The highest BCUT2D eigenvalue weighted by atomic mass is 19.1. The third-order valence-electron chi connectivity index (χ3n) is 16.7. The second-order valence-electron chi connectivity index (χ2n) is 24.5. The van der Waals surface area contributed by atoms with E-state index in [9.17, 15) is 23.9 Å². The number of piperazine rings is 2. The van der Waals surface area contributed by atoms with E-state index >= 15 is 4.39 Å². The molecule has 4 atom stereocenters. The van der Waals surface area contributed by atoms with Gasteiger partial charge in [0.2, 0.25) is 18.2 Å². The van der Waals surface area contributed by atoms with Crippen LogP contribution < -0.4 is 25.6 Å². The Hall–Kier alpha value is -7.07. The smallest absolute Gasteiger partial charge is 0.319 e. The molecule has 464 valence electrons. The van der Waals surface area contributed by atoms with E-state index in [4.69, 9.17) is 16.1 Å². The normalized spacial score (nSPS) is 18.7. The van der Waals surface area contributed by atoms with Crippen LogP contribution in [0.4, 0.5) is 14.6 Å². The first-order valence-corrected chi connectivity index (χ1v) is 31.3. The van der Waals surface area contributed by atoms with Crippen LogP contribution in [0, 0.1) is 29.4 Å². The Bertz CT molecular complexity index is 3170. The maximum Gasteiger partial charge on any atom is 0.319 e. The molecule has 4 fully saturated rings. The molecule has 2 bridgehead atoms. The van der Waals surface area contributed by atoms with Crippen LogP contribution in [-0.2, 0) is 20.9 Å². The number of pyridine rings is 1. The summed E-state index contributed by atoms with van der Waals surface area (Å²) < 4.78 is 38.1. The number of amides is 3. The van der Waals surface area contributed by atoms with Gasteiger partial charge in [-0.25, -0.2) is 8.78 Å². The third-order valence-corrected chi connectivity index (χ3v) is 16.7. The topological polar surface area (TPSA) is 181 Å². The predicted molar refractivity (Wildman–Crippen MR) is 342 cm³/mol. The zero-order chi connectivity index (χ0) is 61.9. The molecule has 3 amide bonds. The van der Waals surface area contributed by atoms with Crippen molar-refractivity contribution < 1.29 is 33.0 Å². The Balaban J connectivity index is 0.000000451. The highest BCUT2D eigenvalue weighted by Crippen LogP contribution is 2.39. The van der Waals surface area contributed by atoms with Gasteiger partial charge >= 0.3 is 6.01 Å². The first kappa shape index (κ1) is 66.5. The number of aliphatic imine (C=N–C) groups is 1. The van der Waals surface area contributed by atoms with Crippen molar-refractivity contribution in [3.8, 4) is 35.4 Å².